The number of rotatable bonds is 9. The van der Waals surface area contributed by atoms with E-state index in [1.54, 1.807) is 48.5 Å². The predicted octanol–water partition coefficient (Wildman–Crippen LogP) is 10.2. The molecule has 0 radical (unpaired) electrons. The summed E-state index contributed by atoms with van der Waals surface area (Å²) < 4.78 is 20.0. The van der Waals surface area contributed by atoms with Crippen LogP contribution in [0.25, 0.3) is 95.7 Å². The Morgan fingerprint density at radius 1 is 0.412 bits per heavy atom. The molecule has 13 heteroatoms. The first-order valence-corrected chi connectivity index (χ1v) is 21.3. The van der Waals surface area contributed by atoms with Gasteiger partial charge in [0, 0.05) is 61.3 Å². The first-order chi connectivity index (χ1) is 33.0. The van der Waals surface area contributed by atoms with Crippen molar-refractivity contribution in [1.82, 2.24) is 19.9 Å². The summed E-state index contributed by atoms with van der Waals surface area (Å²) in [6.07, 6.45) is 5.40. The second kappa shape index (κ2) is 18.4. The minimum absolute atomic E-state index is 0.203. The molecule has 9 rings (SSSR count). The van der Waals surface area contributed by atoms with Crippen LogP contribution in [0.3, 0.4) is 0 Å². The van der Waals surface area contributed by atoms with Gasteiger partial charge in [-0.05, 0) is 120 Å². The number of nitrogens with zero attached hydrogens (tertiary/aromatic N) is 1. The smallest absolute Gasteiger partial charge is 0.337 e. The van der Waals surface area contributed by atoms with Gasteiger partial charge in [-0.25, -0.2) is 24.2 Å². The summed E-state index contributed by atoms with van der Waals surface area (Å²) in [5.74, 6) is -2.12. The molecule has 0 fully saturated rings. The molecule has 1 aliphatic heterocycles. The number of Topliss-reactive ketones (excluding diaryl/α,β-unsaturated/α-hetero) is 1. The van der Waals surface area contributed by atoms with E-state index in [1.165, 1.54) is 41.4 Å². The molecular weight excluding hydrogens is 861 g/mol. The van der Waals surface area contributed by atoms with E-state index in [0.29, 0.717) is 83.1 Å². The second-order valence-electron chi connectivity index (χ2n) is 15.8. The molecule has 4 aromatic carbocycles. The summed E-state index contributed by atoms with van der Waals surface area (Å²) in [5, 5.41) is 1.17. The highest BCUT2D eigenvalue weighted by Crippen LogP contribution is 2.38. The maximum absolute atomic E-state index is 13.1. The quantitative estimate of drug-likeness (QED) is 0.0931. The molecule has 3 N–H and O–H groups in total. The van der Waals surface area contributed by atoms with Crippen molar-refractivity contribution < 1.29 is 42.9 Å². The summed E-state index contributed by atoms with van der Waals surface area (Å²) in [7, 11) is 5.32. The van der Waals surface area contributed by atoms with Crippen LogP contribution >= 0.6 is 0 Å². The Bertz CT molecular complexity index is 3580. The van der Waals surface area contributed by atoms with Crippen LogP contribution in [0, 0.1) is 0 Å². The van der Waals surface area contributed by atoms with E-state index >= 15 is 0 Å². The number of hydrogen-bond acceptors (Lipinski definition) is 10. The van der Waals surface area contributed by atoms with Gasteiger partial charge in [0.25, 0.3) is 0 Å². The van der Waals surface area contributed by atoms with Gasteiger partial charge in [-0.15, -0.1) is 0 Å². The van der Waals surface area contributed by atoms with E-state index in [0.717, 1.165) is 33.4 Å². The number of hydrogen-bond donors (Lipinski definition) is 3. The SMILES string of the molecule is COC(=O)c1ccc(-c2c3nc(c(-c4ccc(C(=O)OC)cc4)c4ccc([nH]4)c(-c4ccc(C(=O)OC)cc4)c4cc([nH]/c4=C\C(C)=O)c(-c4ccc(C(=O)OC)cc4)c4ccc2[nH]4)C=C3)cc1. The number of aromatic amines is 3. The number of fused-ring (bicyclic) bond motifs is 8. The van der Waals surface area contributed by atoms with Gasteiger partial charge >= 0.3 is 23.9 Å². The molecule has 68 heavy (non-hydrogen) atoms. The van der Waals surface area contributed by atoms with E-state index in [9.17, 15) is 24.0 Å². The van der Waals surface area contributed by atoms with Crippen LogP contribution < -0.4 is 5.35 Å². The first kappa shape index (κ1) is 44.1. The van der Waals surface area contributed by atoms with E-state index in [4.69, 9.17) is 23.9 Å². The van der Waals surface area contributed by atoms with Crippen LogP contribution in [0.15, 0.2) is 127 Å². The Balaban J connectivity index is 1.47. The highest BCUT2D eigenvalue weighted by molar-refractivity contribution is 6.09. The van der Waals surface area contributed by atoms with Crippen molar-refractivity contribution in [3.05, 3.63) is 166 Å². The lowest BCUT2D eigenvalue weighted by Crippen LogP contribution is -2.06. The van der Waals surface area contributed by atoms with Crippen LogP contribution in [-0.4, -0.2) is 78.0 Å². The molecule has 8 aromatic rings. The van der Waals surface area contributed by atoms with Gasteiger partial charge in [0.15, 0.2) is 5.78 Å². The monoisotopic (exact) mass is 902 g/mol. The molecule has 0 spiro atoms. The van der Waals surface area contributed by atoms with Gasteiger partial charge in [0.1, 0.15) is 0 Å². The number of ketones is 1. The zero-order valence-electron chi connectivity index (χ0n) is 37.5. The maximum Gasteiger partial charge on any atom is 0.337 e. The van der Waals surface area contributed by atoms with Crippen molar-refractivity contribution in [2.75, 3.05) is 28.4 Å². The van der Waals surface area contributed by atoms with E-state index < -0.39 is 23.9 Å². The topological polar surface area (TPSA) is 183 Å². The predicted molar refractivity (Wildman–Crippen MR) is 261 cm³/mol. The normalized spacial score (nSPS) is 11.6. The third-order valence-electron chi connectivity index (χ3n) is 11.7. The summed E-state index contributed by atoms with van der Waals surface area (Å²) in [6.45, 7) is 1.48. The number of aromatic nitrogens is 4. The first-order valence-electron chi connectivity index (χ1n) is 21.3. The van der Waals surface area contributed by atoms with E-state index in [1.807, 2.05) is 91.0 Å². The molecule has 13 nitrogen and oxygen atoms in total. The van der Waals surface area contributed by atoms with Crippen molar-refractivity contribution in [3.8, 4) is 44.5 Å². The number of carbonyl (C=O) groups excluding carboxylic acids is 5. The zero-order chi connectivity index (χ0) is 47.6. The average Bonchev–Trinajstić information content (AvgIpc) is 4.22. The number of methoxy groups -OCH3 is 4. The zero-order valence-corrected chi connectivity index (χ0v) is 37.5. The summed E-state index contributed by atoms with van der Waals surface area (Å²) in [6, 6.07) is 38.0. The van der Waals surface area contributed by atoms with E-state index in [-0.39, 0.29) is 5.78 Å². The largest absolute Gasteiger partial charge is 0.465 e. The average molecular weight is 903 g/mol. The molecule has 8 bridgehead atoms. The summed E-state index contributed by atoms with van der Waals surface area (Å²) >= 11 is 0. The number of carbonyl (C=O) groups is 5. The molecule has 0 saturated carbocycles. The molecule has 0 saturated heterocycles. The molecule has 0 atom stereocenters. The van der Waals surface area contributed by atoms with Crippen molar-refractivity contribution in [1.29, 1.82) is 0 Å². The summed E-state index contributed by atoms with van der Waals surface area (Å²) in [5.41, 5.74) is 11.9. The molecule has 5 heterocycles. The highest BCUT2D eigenvalue weighted by atomic mass is 16.5. The number of nitrogens with one attached hydrogen (secondary N) is 3. The number of benzene rings is 4. The fourth-order valence-electron chi connectivity index (χ4n) is 8.50. The van der Waals surface area contributed by atoms with Crippen molar-refractivity contribution >= 4 is 80.9 Å². The van der Waals surface area contributed by atoms with Gasteiger partial charge in [-0.3, -0.25) is 4.79 Å². The van der Waals surface area contributed by atoms with Crippen LogP contribution in [0.1, 0.15) is 59.7 Å². The van der Waals surface area contributed by atoms with Crippen LogP contribution in [0.2, 0.25) is 0 Å². The Kier molecular flexibility index (Phi) is 11.9. The fraction of sp³-hybridized carbons (Fsp3) is 0.0909. The lowest BCUT2D eigenvalue weighted by atomic mass is 10.00. The minimum Gasteiger partial charge on any atom is -0.465 e. The number of ether oxygens (including phenoxy) is 4. The molecular formula is C55H42N4O9. The lowest BCUT2D eigenvalue weighted by molar-refractivity contribution is -0.111. The van der Waals surface area contributed by atoms with Crippen LogP contribution in [0.4, 0.5) is 0 Å². The fourth-order valence-corrected chi connectivity index (χ4v) is 8.50. The Hall–Kier alpha value is -9.10. The molecule has 0 amide bonds. The number of H-pyrrole nitrogens is 3. The Morgan fingerprint density at radius 2 is 0.735 bits per heavy atom. The molecule has 4 aromatic heterocycles. The molecule has 0 aliphatic carbocycles. The van der Waals surface area contributed by atoms with Gasteiger partial charge in [0.2, 0.25) is 0 Å². The minimum atomic E-state index is -0.489. The van der Waals surface area contributed by atoms with Gasteiger partial charge in [-0.2, -0.15) is 0 Å². The lowest BCUT2D eigenvalue weighted by Gasteiger charge is -2.08. The molecule has 336 valence electrons. The van der Waals surface area contributed by atoms with Gasteiger partial charge in [-0.1, -0.05) is 48.5 Å². The highest BCUT2D eigenvalue weighted by Gasteiger charge is 2.20. The van der Waals surface area contributed by atoms with Gasteiger partial charge < -0.3 is 33.9 Å². The Morgan fingerprint density at radius 3 is 1.09 bits per heavy atom. The van der Waals surface area contributed by atoms with Crippen LogP contribution in [0.5, 0.6) is 0 Å². The summed E-state index contributed by atoms with van der Waals surface area (Å²) in [4.78, 5) is 79.7. The van der Waals surface area contributed by atoms with Crippen molar-refractivity contribution in [2.24, 2.45) is 0 Å². The molecule has 0 unspecified atom stereocenters. The van der Waals surface area contributed by atoms with Crippen molar-refractivity contribution in [2.45, 2.75) is 6.92 Å². The van der Waals surface area contributed by atoms with Gasteiger partial charge in [0.05, 0.1) is 67.4 Å². The standard InChI is InChI=1S/C55H42N4O9/c1-30(60)28-46-39-29-47(59-46)51(34-12-20-38(21-13-34)55(64)68-5)45-27-26-44(58-45)50(33-10-18-37(19-11-33)54(63)67-4)43-25-24-42(57-43)49(32-8-16-36(17-9-32)53(62)66-3)41-23-22-40(56-41)48(39)31-6-14-35(15-7-31)52(61)65-2/h6-29,56,58-59H,1-5H3/b46-28-,48-39?,48-40?,49-41?,49-42?,50-43?,50-44?,51-45?,51-47?. The van der Waals surface area contributed by atoms with E-state index in [2.05, 4.69) is 15.0 Å². The second-order valence-corrected chi connectivity index (χ2v) is 15.8. The number of esters is 4. The third kappa shape index (κ3) is 8.35. The Labute approximate surface area is 388 Å². The van der Waals surface area contributed by atoms with Crippen molar-refractivity contribution in [3.63, 3.8) is 0 Å². The third-order valence-corrected chi connectivity index (χ3v) is 11.7. The van der Waals surface area contributed by atoms with Crippen LogP contribution in [-0.2, 0) is 23.7 Å². The maximum atomic E-state index is 13.1. The molecule has 1 aliphatic rings.